The molecule has 3 aliphatic carbocycles. The highest BCUT2D eigenvalue weighted by atomic mass is 35.5. The molecule has 0 N–H and O–H groups in total. The van der Waals surface area contributed by atoms with Crippen molar-refractivity contribution in [1.82, 2.24) is 0 Å². The number of ether oxygens (including phenoxy) is 2. The van der Waals surface area contributed by atoms with E-state index in [4.69, 9.17) is 11.6 Å². The minimum atomic E-state index is -5.33. The lowest BCUT2D eigenvalue weighted by Gasteiger charge is -2.44. The Balaban J connectivity index is 1.61. The number of hydrogen-bond donors (Lipinski definition) is 0. The third kappa shape index (κ3) is 6.59. The maximum atomic E-state index is 14.7. The minimum absolute atomic E-state index is 0.00878. The van der Waals surface area contributed by atoms with Crippen molar-refractivity contribution in [3.05, 3.63) is 0 Å². The van der Waals surface area contributed by atoms with E-state index in [1.165, 1.54) is 0 Å². The summed E-state index contributed by atoms with van der Waals surface area (Å²) in [5.74, 6) is -4.12. The van der Waals surface area contributed by atoms with Crippen LogP contribution in [0.4, 0.5) is 43.9 Å². The van der Waals surface area contributed by atoms with Crippen LogP contribution in [0.25, 0.3) is 0 Å². The summed E-state index contributed by atoms with van der Waals surface area (Å²) >= 11 is 5.89. The first-order valence-corrected chi connectivity index (χ1v) is 11.3. The van der Waals surface area contributed by atoms with E-state index in [0.29, 0.717) is 6.42 Å². The first-order chi connectivity index (χ1) is 15.2. The van der Waals surface area contributed by atoms with Crippen LogP contribution in [-0.4, -0.2) is 60.9 Å². The van der Waals surface area contributed by atoms with E-state index in [1.807, 2.05) is 0 Å². The summed E-state index contributed by atoms with van der Waals surface area (Å²) in [5.41, 5.74) is 0. The van der Waals surface area contributed by atoms with Gasteiger partial charge >= 0.3 is 12.5 Å². The second-order valence-corrected chi connectivity index (χ2v) is 9.83. The van der Waals surface area contributed by atoms with Crippen LogP contribution < -0.4 is 0 Å². The van der Waals surface area contributed by atoms with Gasteiger partial charge in [0.15, 0.2) is 0 Å². The lowest BCUT2D eigenvalue weighted by Crippen LogP contribution is -2.53. The van der Waals surface area contributed by atoms with Gasteiger partial charge in [0, 0.05) is 18.2 Å². The first kappa shape index (κ1) is 27.1. The number of halogens is 11. The lowest BCUT2D eigenvalue weighted by molar-refractivity contribution is -0.366. The zero-order chi connectivity index (χ0) is 24.7. The Morgan fingerprint density at radius 1 is 0.636 bits per heavy atom. The van der Waals surface area contributed by atoms with Crippen LogP contribution >= 0.6 is 11.6 Å². The van der Waals surface area contributed by atoms with Crippen molar-refractivity contribution in [3.8, 4) is 0 Å². The van der Waals surface area contributed by atoms with Crippen LogP contribution in [-0.2, 0) is 9.47 Å². The van der Waals surface area contributed by atoms with Crippen LogP contribution in [0.15, 0.2) is 0 Å². The van der Waals surface area contributed by atoms with E-state index in [0.717, 1.165) is 0 Å². The largest absolute Gasteiger partial charge is 0.522 e. The second kappa shape index (κ2) is 10.2. The molecule has 3 rings (SSSR count). The molecule has 0 spiro atoms. The van der Waals surface area contributed by atoms with Gasteiger partial charge in [-0.3, -0.25) is 4.74 Å². The molecule has 0 radical (unpaired) electrons. The molecule has 0 aliphatic heterocycles. The maximum absolute atomic E-state index is 14.7. The molecule has 0 saturated heterocycles. The molecule has 0 heterocycles. The average molecular weight is 523 g/mol. The van der Waals surface area contributed by atoms with Crippen LogP contribution in [0.5, 0.6) is 0 Å². The van der Waals surface area contributed by atoms with Gasteiger partial charge in [-0.2, -0.15) is 8.78 Å². The Kier molecular flexibility index (Phi) is 8.41. The summed E-state index contributed by atoms with van der Waals surface area (Å²) in [6, 6.07) is 0. The topological polar surface area (TPSA) is 18.5 Å². The maximum Gasteiger partial charge on any atom is 0.522 e. The monoisotopic (exact) mass is 522 g/mol. The predicted octanol–water partition coefficient (Wildman–Crippen LogP) is 6.79. The summed E-state index contributed by atoms with van der Waals surface area (Å²) in [7, 11) is 0. The van der Waals surface area contributed by atoms with Crippen molar-refractivity contribution in [2.45, 2.75) is 106 Å². The van der Waals surface area contributed by atoms with Crippen molar-refractivity contribution in [1.29, 1.82) is 0 Å². The third-order valence-electron chi connectivity index (χ3n) is 6.87. The molecule has 3 fully saturated rings. The van der Waals surface area contributed by atoms with Gasteiger partial charge in [-0.05, 0) is 43.9 Å². The van der Waals surface area contributed by atoms with E-state index >= 15 is 0 Å². The molecule has 0 aromatic heterocycles. The molecule has 33 heavy (non-hydrogen) atoms. The van der Waals surface area contributed by atoms with Crippen LogP contribution in [0.2, 0.25) is 0 Å². The van der Waals surface area contributed by atoms with E-state index < -0.39 is 104 Å². The normalized spacial score (nSPS) is 45.7. The first-order valence-electron chi connectivity index (χ1n) is 10.8. The molecule has 7 atom stereocenters. The SMILES string of the molecule is FC1CC(Cl)CCC1C1CC(F)C(C(F)(F)OC2CC(F)C(OC(F)(F)F)C(F)C2)C(F)C1. The Hall–Kier alpha value is -0.490. The molecule has 0 aromatic rings. The highest BCUT2D eigenvalue weighted by Crippen LogP contribution is 2.49. The van der Waals surface area contributed by atoms with Crippen molar-refractivity contribution < 1.29 is 53.4 Å². The molecule has 0 bridgehead atoms. The summed E-state index contributed by atoms with van der Waals surface area (Å²) in [6.45, 7) is 0. The van der Waals surface area contributed by atoms with Crippen molar-refractivity contribution in [3.63, 3.8) is 0 Å². The zero-order valence-corrected chi connectivity index (χ0v) is 18.0. The van der Waals surface area contributed by atoms with Gasteiger partial charge in [0.05, 0.1) is 6.10 Å². The predicted molar refractivity (Wildman–Crippen MR) is 97.7 cm³/mol. The van der Waals surface area contributed by atoms with Gasteiger partial charge in [-0.25, -0.2) is 22.0 Å². The fourth-order valence-electron chi connectivity index (χ4n) is 5.38. The van der Waals surface area contributed by atoms with Gasteiger partial charge in [-0.1, -0.05) is 0 Å². The number of hydrogen-bond acceptors (Lipinski definition) is 2. The van der Waals surface area contributed by atoms with E-state index in [9.17, 15) is 43.9 Å². The Labute approximate surface area is 189 Å². The fraction of sp³-hybridized carbons (Fsp3) is 1.00. The van der Waals surface area contributed by atoms with E-state index in [-0.39, 0.29) is 12.8 Å². The molecule has 3 aliphatic rings. The molecule has 0 aromatic carbocycles. The quantitative estimate of drug-likeness (QED) is 0.292. The van der Waals surface area contributed by atoms with Gasteiger partial charge in [-0.15, -0.1) is 24.8 Å². The van der Waals surface area contributed by atoms with E-state index in [1.54, 1.807) is 0 Å². The number of rotatable bonds is 5. The number of alkyl halides is 11. The lowest BCUT2D eigenvalue weighted by atomic mass is 9.68. The van der Waals surface area contributed by atoms with Gasteiger partial charge in [0.25, 0.3) is 0 Å². The van der Waals surface area contributed by atoms with Crippen LogP contribution in [0.1, 0.15) is 44.9 Å². The molecule has 3 saturated carbocycles. The highest BCUT2D eigenvalue weighted by Gasteiger charge is 2.57. The zero-order valence-electron chi connectivity index (χ0n) is 17.3. The molecule has 194 valence electrons. The summed E-state index contributed by atoms with van der Waals surface area (Å²) in [5, 5.41) is -0.400. The third-order valence-corrected chi connectivity index (χ3v) is 7.27. The Morgan fingerprint density at radius 3 is 1.67 bits per heavy atom. The molecule has 7 unspecified atom stereocenters. The van der Waals surface area contributed by atoms with Crippen LogP contribution in [0, 0.1) is 17.8 Å². The minimum Gasteiger partial charge on any atom is -0.317 e. The van der Waals surface area contributed by atoms with E-state index in [2.05, 4.69) is 9.47 Å². The molecule has 2 nitrogen and oxygen atoms in total. The van der Waals surface area contributed by atoms with Crippen LogP contribution in [0.3, 0.4) is 0 Å². The Bertz CT molecular complexity index is 629. The fourth-order valence-corrected chi connectivity index (χ4v) is 5.68. The Morgan fingerprint density at radius 2 is 1.18 bits per heavy atom. The second-order valence-electron chi connectivity index (χ2n) is 9.21. The standard InChI is InChI=1S/C20H25ClF10O2/c21-9-1-2-11(12(22)5-9)8-3-13(23)17(14(24)4-8)19(27,28)32-10-6-15(25)18(16(26)7-10)33-20(29,30)31/h8-18H,1-7H2. The molecule has 0 amide bonds. The summed E-state index contributed by atoms with van der Waals surface area (Å²) in [4.78, 5) is 0. The van der Waals surface area contributed by atoms with Crippen molar-refractivity contribution >= 4 is 11.6 Å². The van der Waals surface area contributed by atoms with Gasteiger partial charge in [0.2, 0.25) is 0 Å². The van der Waals surface area contributed by atoms with Crippen molar-refractivity contribution in [2.24, 2.45) is 17.8 Å². The molecule has 13 heteroatoms. The average Bonchev–Trinajstić information content (AvgIpc) is 2.62. The molecular weight excluding hydrogens is 498 g/mol. The highest BCUT2D eigenvalue weighted by molar-refractivity contribution is 6.20. The van der Waals surface area contributed by atoms with Gasteiger partial charge < -0.3 is 4.74 Å². The van der Waals surface area contributed by atoms with Gasteiger partial charge in [0.1, 0.15) is 42.9 Å². The smallest absolute Gasteiger partial charge is 0.317 e. The summed E-state index contributed by atoms with van der Waals surface area (Å²) in [6.07, 6.45) is -28.2. The summed E-state index contributed by atoms with van der Waals surface area (Å²) < 4.78 is 146. The van der Waals surface area contributed by atoms with Crippen molar-refractivity contribution in [2.75, 3.05) is 0 Å². The molecular formula is C20H25ClF10O2.